The molecule has 1 aromatic carbocycles. The zero-order chi connectivity index (χ0) is 11.8. The molecule has 1 saturated heterocycles. The lowest BCUT2D eigenvalue weighted by Gasteiger charge is -2.17. The summed E-state index contributed by atoms with van der Waals surface area (Å²) in [5.74, 6) is 0. The lowest BCUT2D eigenvalue weighted by Crippen LogP contribution is -2.28. The molecule has 6 heteroatoms. The molecule has 1 aromatic rings. The molecule has 2 rings (SSSR count). The van der Waals surface area contributed by atoms with Crippen molar-refractivity contribution >= 4 is 33.2 Å². The van der Waals surface area contributed by atoms with Gasteiger partial charge in [-0.2, -0.15) is 4.31 Å². The Balaban J connectivity index is 2.50. The smallest absolute Gasteiger partial charge is 0.207 e. The molecule has 0 aromatic heterocycles. The molecule has 0 atom stereocenters. The molecule has 1 fully saturated rings. The summed E-state index contributed by atoms with van der Waals surface area (Å²) in [7, 11) is -3.53. The lowest BCUT2D eigenvalue weighted by molar-refractivity contribution is 0.477. The third kappa shape index (κ3) is 2.07. The van der Waals surface area contributed by atoms with Crippen LogP contribution in [0.1, 0.15) is 12.8 Å². The van der Waals surface area contributed by atoms with Crippen LogP contribution >= 0.6 is 23.2 Å². The molecule has 0 radical (unpaired) electrons. The van der Waals surface area contributed by atoms with Crippen molar-refractivity contribution in [3.05, 3.63) is 28.2 Å². The Kier molecular flexibility index (Phi) is 3.45. The highest BCUT2D eigenvalue weighted by Crippen LogP contribution is 2.32. The fourth-order valence-corrected chi connectivity index (χ4v) is 4.40. The third-order valence-electron chi connectivity index (χ3n) is 2.58. The molecule has 0 aliphatic carbocycles. The quantitative estimate of drug-likeness (QED) is 0.835. The second-order valence-electron chi connectivity index (χ2n) is 3.66. The average molecular weight is 280 g/mol. The number of halogens is 2. The molecular formula is C10H11Cl2NO2S. The summed E-state index contributed by atoms with van der Waals surface area (Å²) in [4.78, 5) is 0.0280. The molecule has 1 aliphatic rings. The summed E-state index contributed by atoms with van der Waals surface area (Å²) in [5, 5.41) is 0.360. The fourth-order valence-electron chi connectivity index (χ4n) is 1.79. The Morgan fingerprint density at radius 1 is 1.06 bits per heavy atom. The van der Waals surface area contributed by atoms with Crippen LogP contribution in [-0.2, 0) is 10.0 Å². The summed E-state index contributed by atoms with van der Waals surface area (Å²) in [5.41, 5.74) is 0. The van der Waals surface area contributed by atoms with Crippen LogP contribution in [0.25, 0.3) is 0 Å². The molecule has 88 valence electrons. The SMILES string of the molecule is O=S(=O)(c1c(Cl)cccc1Cl)N1CCCC1. The van der Waals surface area contributed by atoms with Crippen LogP contribution in [0.15, 0.2) is 23.1 Å². The first kappa shape index (κ1) is 12.2. The van der Waals surface area contributed by atoms with Gasteiger partial charge in [-0.05, 0) is 25.0 Å². The van der Waals surface area contributed by atoms with Gasteiger partial charge in [-0.1, -0.05) is 29.3 Å². The minimum Gasteiger partial charge on any atom is -0.207 e. The second-order valence-corrected chi connectivity index (χ2v) is 6.35. The van der Waals surface area contributed by atoms with Crippen molar-refractivity contribution in [2.45, 2.75) is 17.7 Å². The van der Waals surface area contributed by atoms with Crippen LogP contribution < -0.4 is 0 Å². The van der Waals surface area contributed by atoms with Crippen molar-refractivity contribution in [1.29, 1.82) is 0 Å². The Morgan fingerprint density at radius 3 is 2.06 bits per heavy atom. The van der Waals surface area contributed by atoms with Crippen molar-refractivity contribution in [2.75, 3.05) is 13.1 Å². The number of nitrogens with zero attached hydrogens (tertiary/aromatic N) is 1. The van der Waals surface area contributed by atoms with Gasteiger partial charge in [0.05, 0.1) is 10.0 Å². The molecule has 0 amide bonds. The topological polar surface area (TPSA) is 37.4 Å². The minimum absolute atomic E-state index is 0.0280. The van der Waals surface area contributed by atoms with Gasteiger partial charge >= 0.3 is 0 Å². The van der Waals surface area contributed by atoms with Gasteiger partial charge in [0.2, 0.25) is 10.0 Å². The summed E-state index contributed by atoms with van der Waals surface area (Å²) in [6.45, 7) is 1.09. The van der Waals surface area contributed by atoms with E-state index in [1.54, 1.807) is 6.07 Å². The van der Waals surface area contributed by atoms with Gasteiger partial charge < -0.3 is 0 Å². The molecule has 1 heterocycles. The van der Waals surface area contributed by atoms with Gasteiger partial charge in [0, 0.05) is 13.1 Å². The summed E-state index contributed by atoms with van der Waals surface area (Å²) < 4.78 is 25.9. The zero-order valence-electron chi connectivity index (χ0n) is 8.49. The van der Waals surface area contributed by atoms with E-state index < -0.39 is 10.0 Å². The summed E-state index contributed by atoms with van der Waals surface area (Å²) >= 11 is 11.8. The lowest BCUT2D eigenvalue weighted by atomic mass is 10.4. The van der Waals surface area contributed by atoms with Crippen molar-refractivity contribution in [3.63, 3.8) is 0 Å². The molecule has 0 spiro atoms. The average Bonchev–Trinajstić information content (AvgIpc) is 2.69. The molecule has 0 N–H and O–H groups in total. The number of sulfonamides is 1. The van der Waals surface area contributed by atoms with Gasteiger partial charge in [-0.3, -0.25) is 0 Å². The monoisotopic (exact) mass is 279 g/mol. The Bertz CT molecular complexity index is 475. The molecule has 0 bridgehead atoms. The van der Waals surface area contributed by atoms with E-state index in [9.17, 15) is 8.42 Å². The highest BCUT2D eigenvalue weighted by molar-refractivity contribution is 7.89. The first-order valence-corrected chi connectivity index (χ1v) is 7.17. The van der Waals surface area contributed by atoms with Crippen molar-refractivity contribution in [1.82, 2.24) is 4.31 Å². The van der Waals surface area contributed by atoms with E-state index in [-0.39, 0.29) is 14.9 Å². The maximum absolute atomic E-state index is 12.2. The van der Waals surface area contributed by atoms with E-state index in [1.165, 1.54) is 16.4 Å². The number of hydrogen-bond acceptors (Lipinski definition) is 2. The van der Waals surface area contributed by atoms with Crippen LogP contribution in [0.5, 0.6) is 0 Å². The fraction of sp³-hybridized carbons (Fsp3) is 0.400. The predicted octanol–water partition coefficient (Wildman–Crippen LogP) is 2.78. The van der Waals surface area contributed by atoms with Crippen LogP contribution in [-0.4, -0.2) is 25.8 Å². The van der Waals surface area contributed by atoms with Crippen molar-refractivity contribution in [3.8, 4) is 0 Å². The van der Waals surface area contributed by atoms with E-state index >= 15 is 0 Å². The second kappa shape index (κ2) is 4.53. The third-order valence-corrected chi connectivity index (χ3v) is 5.44. The van der Waals surface area contributed by atoms with Gasteiger partial charge in [-0.25, -0.2) is 8.42 Å². The maximum atomic E-state index is 12.2. The molecule has 1 aliphatic heterocycles. The number of hydrogen-bond donors (Lipinski definition) is 0. The highest BCUT2D eigenvalue weighted by atomic mass is 35.5. The van der Waals surface area contributed by atoms with Crippen LogP contribution in [0, 0.1) is 0 Å². The van der Waals surface area contributed by atoms with Crippen LogP contribution in [0.2, 0.25) is 10.0 Å². The molecule has 3 nitrogen and oxygen atoms in total. The van der Waals surface area contributed by atoms with E-state index in [0.717, 1.165) is 12.8 Å². The first-order chi connectivity index (χ1) is 7.53. The van der Waals surface area contributed by atoms with E-state index in [4.69, 9.17) is 23.2 Å². The standard InChI is InChI=1S/C10H11Cl2NO2S/c11-8-4-3-5-9(12)10(8)16(14,15)13-6-1-2-7-13/h3-5H,1-2,6-7H2. The predicted molar refractivity (Wildman–Crippen MR) is 64.5 cm³/mol. The van der Waals surface area contributed by atoms with Gasteiger partial charge in [0.1, 0.15) is 4.90 Å². The van der Waals surface area contributed by atoms with Gasteiger partial charge in [-0.15, -0.1) is 0 Å². The normalized spacial score (nSPS) is 17.9. The Labute approximate surface area is 105 Å². The first-order valence-electron chi connectivity index (χ1n) is 4.97. The number of benzene rings is 1. The number of rotatable bonds is 2. The molecule has 0 unspecified atom stereocenters. The minimum atomic E-state index is -3.53. The Morgan fingerprint density at radius 2 is 1.56 bits per heavy atom. The zero-order valence-corrected chi connectivity index (χ0v) is 10.8. The Hall–Kier alpha value is -0.290. The highest BCUT2D eigenvalue weighted by Gasteiger charge is 2.30. The molecular weight excluding hydrogens is 269 g/mol. The maximum Gasteiger partial charge on any atom is 0.246 e. The van der Waals surface area contributed by atoms with E-state index in [2.05, 4.69) is 0 Å². The van der Waals surface area contributed by atoms with E-state index in [0.29, 0.717) is 13.1 Å². The largest absolute Gasteiger partial charge is 0.246 e. The summed E-state index contributed by atoms with van der Waals surface area (Å²) in [6, 6.07) is 4.71. The van der Waals surface area contributed by atoms with E-state index in [1.807, 2.05) is 0 Å². The van der Waals surface area contributed by atoms with Gasteiger partial charge in [0.25, 0.3) is 0 Å². The van der Waals surface area contributed by atoms with Crippen LogP contribution in [0.3, 0.4) is 0 Å². The van der Waals surface area contributed by atoms with Gasteiger partial charge in [0.15, 0.2) is 0 Å². The van der Waals surface area contributed by atoms with Crippen molar-refractivity contribution in [2.24, 2.45) is 0 Å². The van der Waals surface area contributed by atoms with Crippen molar-refractivity contribution < 1.29 is 8.42 Å². The summed E-state index contributed by atoms with van der Waals surface area (Å²) in [6.07, 6.45) is 1.78. The molecule has 16 heavy (non-hydrogen) atoms. The van der Waals surface area contributed by atoms with Crippen LogP contribution in [0.4, 0.5) is 0 Å². The molecule has 0 saturated carbocycles.